The van der Waals surface area contributed by atoms with Crippen LogP contribution in [0.4, 0.5) is 0 Å². The highest BCUT2D eigenvalue weighted by Crippen LogP contribution is 2.30. The summed E-state index contributed by atoms with van der Waals surface area (Å²) in [5.74, 6) is 1.83. The lowest BCUT2D eigenvalue weighted by Gasteiger charge is -2.28. The van der Waals surface area contributed by atoms with Crippen molar-refractivity contribution in [3.8, 4) is 0 Å². The average Bonchev–Trinajstić information content (AvgIpc) is 2.40. The maximum absolute atomic E-state index is 12.0. The van der Waals surface area contributed by atoms with Gasteiger partial charge in [0.15, 0.2) is 0 Å². The summed E-state index contributed by atoms with van der Waals surface area (Å²) >= 11 is 0. The van der Waals surface area contributed by atoms with Crippen molar-refractivity contribution < 1.29 is 4.79 Å². The van der Waals surface area contributed by atoms with E-state index in [-0.39, 0.29) is 11.3 Å². The Hall–Kier alpha value is -0.570. The van der Waals surface area contributed by atoms with Gasteiger partial charge in [-0.25, -0.2) is 0 Å². The molecule has 1 amide bonds. The molecule has 1 fully saturated rings. The first-order valence-corrected chi connectivity index (χ1v) is 7.50. The molecule has 3 N–H and O–H groups in total. The zero-order chi connectivity index (χ0) is 13.6. The number of nitrogens with two attached hydrogens (primary N) is 1. The first-order valence-electron chi connectivity index (χ1n) is 7.50. The fourth-order valence-corrected chi connectivity index (χ4v) is 2.62. The van der Waals surface area contributed by atoms with E-state index in [0.717, 1.165) is 31.2 Å². The molecule has 3 nitrogen and oxygen atoms in total. The van der Waals surface area contributed by atoms with Crippen molar-refractivity contribution in [3.63, 3.8) is 0 Å². The van der Waals surface area contributed by atoms with Gasteiger partial charge in [0.25, 0.3) is 0 Å². The number of amides is 1. The lowest BCUT2D eigenvalue weighted by molar-refractivity contribution is -0.129. The number of carbonyl (C=O) groups excluding carboxylic acids is 1. The maximum Gasteiger partial charge on any atom is 0.227 e. The fourth-order valence-electron chi connectivity index (χ4n) is 2.62. The first-order chi connectivity index (χ1) is 8.51. The molecule has 0 aromatic heterocycles. The van der Waals surface area contributed by atoms with Gasteiger partial charge in [0.05, 0.1) is 5.41 Å². The van der Waals surface area contributed by atoms with Crippen molar-refractivity contribution in [3.05, 3.63) is 0 Å². The molecule has 0 aromatic carbocycles. The summed E-state index contributed by atoms with van der Waals surface area (Å²) in [6, 6.07) is 0. The maximum atomic E-state index is 12.0. The zero-order valence-corrected chi connectivity index (χ0v) is 12.3. The standard InChI is InChI=1S/C15H30N2O/c1-4-15(3,11-16)14(18)17-10-9-13-7-5-12(2)6-8-13/h12-13H,4-11,16H2,1-3H3,(H,17,18). The summed E-state index contributed by atoms with van der Waals surface area (Å²) in [6.07, 6.45) is 7.30. The average molecular weight is 254 g/mol. The quantitative estimate of drug-likeness (QED) is 0.765. The Labute approximate surface area is 112 Å². The molecule has 1 unspecified atom stereocenters. The molecule has 0 aliphatic heterocycles. The second-order valence-electron chi connectivity index (χ2n) is 6.29. The lowest BCUT2D eigenvalue weighted by Crippen LogP contribution is -2.44. The second-order valence-corrected chi connectivity index (χ2v) is 6.29. The molecule has 0 saturated heterocycles. The smallest absolute Gasteiger partial charge is 0.227 e. The van der Waals surface area contributed by atoms with Crippen molar-refractivity contribution in [2.24, 2.45) is 23.0 Å². The van der Waals surface area contributed by atoms with E-state index in [1.54, 1.807) is 0 Å². The highest BCUT2D eigenvalue weighted by atomic mass is 16.2. The minimum Gasteiger partial charge on any atom is -0.356 e. The van der Waals surface area contributed by atoms with Gasteiger partial charge in [-0.2, -0.15) is 0 Å². The number of nitrogens with one attached hydrogen (secondary N) is 1. The Balaban J connectivity index is 2.23. The second kappa shape index (κ2) is 7.13. The molecule has 106 valence electrons. The number of hydrogen-bond donors (Lipinski definition) is 2. The monoisotopic (exact) mass is 254 g/mol. The Morgan fingerprint density at radius 3 is 2.44 bits per heavy atom. The Morgan fingerprint density at radius 2 is 1.94 bits per heavy atom. The molecule has 1 atom stereocenters. The van der Waals surface area contributed by atoms with Crippen LogP contribution in [0.15, 0.2) is 0 Å². The molecule has 18 heavy (non-hydrogen) atoms. The molecule has 1 aliphatic carbocycles. The van der Waals surface area contributed by atoms with Gasteiger partial charge in [0.2, 0.25) is 5.91 Å². The summed E-state index contributed by atoms with van der Waals surface area (Å²) in [4.78, 5) is 12.0. The van der Waals surface area contributed by atoms with Crippen LogP contribution in [0.3, 0.4) is 0 Å². The van der Waals surface area contributed by atoms with Crippen LogP contribution < -0.4 is 11.1 Å². The lowest BCUT2D eigenvalue weighted by atomic mass is 9.81. The van der Waals surface area contributed by atoms with Crippen LogP contribution in [0, 0.1) is 17.3 Å². The van der Waals surface area contributed by atoms with Crippen LogP contribution in [0.2, 0.25) is 0 Å². The van der Waals surface area contributed by atoms with E-state index >= 15 is 0 Å². The highest BCUT2D eigenvalue weighted by molar-refractivity contribution is 5.82. The predicted octanol–water partition coefficient (Wildman–Crippen LogP) is 2.69. The summed E-state index contributed by atoms with van der Waals surface area (Å²) in [5.41, 5.74) is 5.30. The minimum absolute atomic E-state index is 0.122. The molecule has 1 aliphatic rings. The van der Waals surface area contributed by atoms with Crippen molar-refractivity contribution >= 4 is 5.91 Å². The molecule has 0 bridgehead atoms. The van der Waals surface area contributed by atoms with E-state index in [1.807, 2.05) is 13.8 Å². The zero-order valence-electron chi connectivity index (χ0n) is 12.3. The van der Waals surface area contributed by atoms with Crippen molar-refractivity contribution in [1.82, 2.24) is 5.32 Å². The molecule has 1 rings (SSSR count). The third kappa shape index (κ3) is 4.27. The van der Waals surface area contributed by atoms with E-state index in [4.69, 9.17) is 5.73 Å². The predicted molar refractivity (Wildman–Crippen MR) is 76.2 cm³/mol. The molecule has 0 radical (unpaired) electrons. The van der Waals surface area contributed by atoms with Crippen molar-refractivity contribution in [2.75, 3.05) is 13.1 Å². The number of rotatable bonds is 6. The molecule has 0 spiro atoms. The van der Waals surface area contributed by atoms with Crippen LogP contribution in [-0.2, 0) is 4.79 Å². The molecule has 0 aromatic rings. The molecule has 3 heteroatoms. The first kappa shape index (κ1) is 15.5. The van der Waals surface area contributed by atoms with Crippen LogP contribution in [-0.4, -0.2) is 19.0 Å². The minimum atomic E-state index is -0.388. The summed E-state index contributed by atoms with van der Waals surface area (Å²) in [5, 5.41) is 3.06. The number of carbonyl (C=O) groups is 1. The molecule has 1 saturated carbocycles. The van der Waals surface area contributed by atoms with Gasteiger partial charge in [-0.15, -0.1) is 0 Å². The van der Waals surface area contributed by atoms with E-state index in [0.29, 0.717) is 6.54 Å². The SMILES string of the molecule is CCC(C)(CN)C(=O)NCCC1CCC(C)CC1. The van der Waals surface area contributed by atoms with Gasteiger partial charge in [-0.1, -0.05) is 39.5 Å². The van der Waals surface area contributed by atoms with Gasteiger partial charge >= 0.3 is 0 Å². The highest BCUT2D eigenvalue weighted by Gasteiger charge is 2.29. The molecular weight excluding hydrogens is 224 g/mol. The Bertz CT molecular complexity index is 253. The van der Waals surface area contributed by atoms with Gasteiger partial charge < -0.3 is 11.1 Å². The topological polar surface area (TPSA) is 55.1 Å². The van der Waals surface area contributed by atoms with Crippen LogP contribution in [0.1, 0.15) is 59.3 Å². The Morgan fingerprint density at radius 1 is 1.33 bits per heavy atom. The van der Waals surface area contributed by atoms with E-state index in [9.17, 15) is 4.79 Å². The fraction of sp³-hybridized carbons (Fsp3) is 0.933. The third-order valence-electron chi connectivity index (χ3n) is 4.75. The van der Waals surface area contributed by atoms with Crippen molar-refractivity contribution in [1.29, 1.82) is 0 Å². The van der Waals surface area contributed by atoms with E-state index < -0.39 is 0 Å². The van der Waals surface area contributed by atoms with Gasteiger partial charge in [0.1, 0.15) is 0 Å². The van der Waals surface area contributed by atoms with E-state index in [2.05, 4.69) is 12.2 Å². The summed E-state index contributed by atoms with van der Waals surface area (Å²) in [6.45, 7) is 7.55. The van der Waals surface area contributed by atoms with Crippen molar-refractivity contribution in [2.45, 2.75) is 59.3 Å². The van der Waals surface area contributed by atoms with Gasteiger partial charge in [-0.3, -0.25) is 4.79 Å². The molecular formula is C15H30N2O. The molecule has 0 heterocycles. The van der Waals surface area contributed by atoms with E-state index in [1.165, 1.54) is 25.7 Å². The van der Waals surface area contributed by atoms with Crippen LogP contribution in [0.25, 0.3) is 0 Å². The summed E-state index contributed by atoms with van der Waals surface area (Å²) in [7, 11) is 0. The van der Waals surface area contributed by atoms with Crippen LogP contribution >= 0.6 is 0 Å². The van der Waals surface area contributed by atoms with Gasteiger partial charge in [0, 0.05) is 13.1 Å². The third-order valence-corrected chi connectivity index (χ3v) is 4.75. The largest absolute Gasteiger partial charge is 0.356 e. The van der Waals surface area contributed by atoms with Crippen LogP contribution in [0.5, 0.6) is 0 Å². The Kier molecular flexibility index (Phi) is 6.13. The number of hydrogen-bond acceptors (Lipinski definition) is 2. The van der Waals surface area contributed by atoms with Gasteiger partial charge in [-0.05, 0) is 31.6 Å². The normalized spacial score (nSPS) is 27.6. The summed E-state index contributed by atoms with van der Waals surface area (Å²) < 4.78 is 0.